The Kier molecular flexibility index (Phi) is 2.87. The van der Waals surface area contributed by atoms with Crippen molar-refractivity contribution < 1.29 is 9.47 Å². The lowest BCUT2D eigenvalue weighted by Crippen LogP contribution is -2.34. The van der Waals surface area contributed by atoms with Crippen LogP contribution in [0.2, 0.25) is 0 Å². The third-order valence-corrected chi connectivity index (χ3v) is 5.59. The smallest absolute Gasteiger partial charge is 0.127 e. The molecule has 5 unspecified atom stereocenters. The van der Waals surface area contributed by atoms with Crippen molar-refractivity contribution in [1.29, 1.82) is 0 Å². The number of allylic oxidation sites excluding steroid dienone is 1. The average Bonchev–Trinajstić information content (AvgIpc) is 3.09. The maximum Gasteiger partial charge on any atom is 0.127 e. The average molecular weight is 248 g/mol. The summed E-state index contributed by atoms with van der Waals surface area (Å²) in [5.41, 5.74) is 1.53. The molecule has 0 amide bonds. The normalized spacial score (nSPS) is 46.2. The van der Waals surface area contributed by atoms with Crippen LogP contribution >= 0.6 is 0 Å². The van der Waals surface area contributed by atoms with Crippen LogP contribution in [-0.4, -0.2) is 18.3 Å². The lowest BCUT2D eigenvalue weighted by Gasteiger charge is -2.28. The van der Waals surface area contributed by atoms with Crippen LogP contribution in [0.25, 0.3) is 0 Å². The first kappa shape index (κ1) is 11.3. The van der Waals surface area contributed by atoms with Gasteiger partial charge in [0.15, 0.2) is 0 Å². The predicted octanol–water partition coefficient (Wildman–Crippen LogP) is 3.81. The van der Waals surface area contributed by atoms with E-state index in [2.05, 4.69) is 6.26 Å². The molecule has 2 nitrogen and oxygen atoms in total. The van der Waals surface area contributed by atoms with E-state index in [1.54, 1.807) is 0 Å². The van der Waals surface area contributed by atoms with Crippen molar-refractivity contribution in [2.75, 3.05) is 0 Å². The van der Waals surface area contributed by atoms with E-state index in [1.165, 1.54) is 56.9 Å². The van der Waals surface area contributed by atoms with Gasteiger partial charge in [0.05, 0.1) is 18.5 Å². The SMILES string of the molecule is C(OC1CC2OC1C1CCCC21)=C1CCCCC1. The van der Waals surface area contributed by atoms with Crippen molar-refractivity contribution >= 4 is 0 Å². The molecule has 4 fully saturated rings. The minimum absolute atomic E-state index is 0.365. The highest BCUT2D eigenvalue weighted by atomic mass is 16.6. The van der Waals surface area contributed by atoms with Gasteiger partial charge >= 0.3 is 0 Å². The van der Waals surface area contributed by atoms with Gasteiger partial charge < -0.3 is 9.47 Å². The molecule has 2 heteroatoms. The summed E-state index contributed by atoms with van der Waals surface area (Å²) < 4.78 is 12.2. The predicted molar refractivity (Wildman–Crippen MR) is 70.2 cm³/mol. The standard InChI is InChI=1S/C16H24O2/c1-2-5-11(6-3-1)10-17-15-9-14-12-7-4-8-13(12)16(15)18-14/h10,12-16H,1-9H2. The maximum atomic E-state index is 6.14. The maximum absolute atomic E-state index is 6.14. The Hall–Kier alpha value is -0.500. The molecule has 0 aromatic carbocycles. The largest absolute Gasteiger partial charge is 0.495 e. The van der Waals surface area contributed by atoms with Crippen molar-refractivity contribution in [2.24, 2.45) is 11.8 Å². The fourth-order valence-corrected chi connectivity index (χ4v) is 4.69. The summed E-state index contributed by atoms with van der Waals surface area (Å²) in [6.45, 7) is 0. The van der Waals surface area contributed by atoms with Crippen LogP contribution in [-0.2, 0) is 9.47 Å². The Morgan fingerprint density at radius 1 is 1.00 bits per heavy atom. The van der Waals surface area contributed by atoms with E-state index in [1.807, 2.05) is 0 Å². The van der Waals surface area contributed by atoms with E-state index < -0.39 is 0 Å². The summed E-state index contributed by atoms with van der Waals surface area (Å²) in [5.74, 6) is 1.69. The summed E-state index contributed by atoms with van der Waals surface area (Å²) in [6, 6.07) is 0. The van der Waals surface area contributed by atoms with E-state index in [9.17, 15) is 0 Å². The quantitative estimate of drug-likeness (QED) is 0.692. The monoisotopic (exact) mass is 248 g/mol. The van der Waals surface area contributed by atoms with Crippen molar-refractivity contribution in [3.8, 4) is 0 Å². The molecule has 0 N–H and O–H groups in total. The van der Waals surface area contributed by atoms with Crippen molar-refractivity contribution in [3.63, 3.8) is 0 Å². The molecule has 2 bridgehead atoms. The van der Waals surface area contributed by atoms with E-state index >= 15 is 0 Å². The fourth-order valence-electron chi connectivity index (χ4n) is 4.69. The van der Waals surface area contributed by atoms with Gasteiger partial charge in [-0.3, -0.25) is 0 Å². The van der Waals surface area contributed by atoms with Crippen LogP contribution in [0.3, 0.4) is 0 Å². The molecule has 0 radical (unpaired) electrons. The molecule has 18 heavy (non-hydrogen) atoms. The zero-order valence-corrected chi connectivity index (χ0v) is 11.1. The van der Waals surface area contributed by atoms with Crippen LogP contribution < -0.4 is 0 Å². The van der Waals surface area contributed by atoms with Gasteiger partial charge in [-0.1, -0.05) is 12.8 Å². The fraction of sp³-hybridized carbons (Fsp3) is 0.875. The molecular formula is C16H24O2. The topological polar surface area (TPSA) is 18.5 Å². The van der Waals surface area contributed by atoms with Crippen LogP contribution in [0.1, 0.15) is 57.8 Å². The minimum atomic E-state index is 0.365. The number of hydrogen-bond donors (Lipinski definition) is 0. The Bertz CT molecular complexity index is 341. The molecule has 5 atom stereocenters. The molecule has 2 heterocycles. The van der Waals surface area contributed by atoms with Gasteiger partial charge in [-0.15, -0.1) is 0 Å². The van der Waals surface area contributed by atoms with E-state index in [0.29, 0.717) is 18.3 Å². The van der Waals surface area contributed by atoms with Crippen molar-refractivity contribution in [1.82, 2.24) is 0 Å². The van der Waals surface area contributed by atoms with Crippen LogP contribution in [0.5, 0.6) is 0 Å². The van der Waals surface area contributed by atoms with E-state index in [0.717, 1.165) is 18.3 Å². The number of fused-ring (bicyclic) bond motifs is 5. The van der Waals surface area contributed by atoms with Crippen LogP contribution in [0.15, 0.2) is 11.8 Å². The van der Waals surface area contributed by atoms with Gasteiger partial charge in [-0.05, 0) is 55.9 Å². The molecular weight excluding hydrogens is 224 g/mol. The van der Waals surface area contributed by atoms with Crippen LogP contribution in [0, 0.1) is 11.8 Å². The van der Waals surface area contributed by atoms with Gasteiger partial charge in [0.1, 0.15) is 6.10 Å². The Balaban J connectivity index is 1.39. The van der Waals surface area contributed by atoms with Crippen molar-refractivity contribution in [2.45, 2.75) is 76.1 Å². The highest BCUT2D eigenvalue weighted by Gasteiger charge is 2.56. The summed E-state index contributed by atoms with van der Waals surface area (Å²) in [4.78, 5) is 0. The second kappa shape index (κ2) is 4.56. The second-order valence-corrected chi connectivity index (χ2v) is 6.64. The molecule has 4 rings (SSSR count). The molecule has 0 aromatic heterocycles. The molecule has 2 saturated carbocycles. The van der Waals surface area contributed by atoms with E-state index in [4.69, 9.17) is 9.47 Å². The summed E-state index contributed by atoms with van der Waals surface area (Å²) in [5, 5.41) is 0. The lowest BCUT2D eigenvalue weighted by molar-refractivity contribution is 0.0219. The van der Waals surface area contributed by atoms with Crippen LogP contribution in [0.4, 0.5) is 0 Å². The van der Waals surface area contributed by atoms with Gasteiger partial charge in [0, 0.05) is 6.42 Å². The van der Waals surface area contributed by atoms with E-state index in [-0.39, 0.29) is 0 Å². The highest BCUT2D eigenvalue weighted by Crippen LogP contribution is 2.52. The first-order valence-corrected chi connectivity index (χ1v) is 7.90. The molecule has 0 aromatic rings. The minimum Gasteiger partial charge on any atom is -0.495 e. The third-order valence-electron chi connectivity index (χ3n) is 5.59. The lowest BCUT2D eigenvalue weighted by atomic mass is 9.80. The van der Waals surface area contributed by atoms with Crippen molar-refractivity contribution in [3.05, 3.63) is 11.8 Å². The molecule has 100 valence electrons. The zero-order chi connectivity index (χ0) is 11.9. The summed E-state index contributed by atoms with van der Waals surface area (Å²) >= 11 is 0. The highest BCUT2D eigenvalue weighted by molar-refractivity contribution is 5.06. The molecule has 2 aliphatic carbocycles. The molecule has 2 saturated heterocycles. The second-order valence-electron chi connectivity index (χ2n) is 6.64. The van der Waals surface area contributed by atoms with Gasteiger partial charge in [-0.25, -0.2) is 0 Å². The Morgan fingerprint density at radius 2 is 1.83 bits per heavy atom. The number of ether oxygens (including phenoxy) is 2. The van der Waals surface area contributed by atoms with Gasteiger partial charge in [0.2, 0.25) is 0 Å². The molecule has 4 aliphatic rings. The molecule has 0 spiro atoms. The number of rotatable bonds is 2. The summed E-state index contributed by atoms with van der Waals surface area (Å²) in [7, 11) is 0. The zero-order valence-electron chi connectivity index (χ0n) is 11.1. The Labute approximate surface area is 110 Å². The third kappa shape index (κ3) is 1.80. The van der Waals surface area contributed by atoms with Gasteiger partial charge in [0.25, 0.3) is 0 Å². The van der Waals surface area contributed by atoms with Gasteiger partial charge in [-0.2, -0.15) is 0 Å². The number of hydrogen-bond acceptors (Lipinski definition) is 2. The first-order chi connectivity index (χ1) is 8.92. The summed E-state index contributed by atoms with van der Waals surface area (Å²) in [6.07, 6.45) is 15.4. The Morgan fingerprint density at radius 3 is 2.72 bits per heavy atom. The molecule has 2 aliphatic heterocycles. The first-order valence-electron chi connectivity index (χ1n) is 7.90.